The lowest BCUT2D eigenvalue weighted by Gasteiger charge is -2.39. The van der Waals surface area contributed by atoms with Crippen LogP contribution in [0.3, 0.4) is 0 Å². The molecule has 3 heterocycles. The Labute approximate surface area is 197 Å². The van der Waals surface area contributed by atoms with Crippen LogP contribution in [0.4, 0.5) is 19.0 Å². The normalized spacial score (nSPS) is 18.5. The minimum Gasteiger partial charge on any atom is -0.355 e. The fourth-order valence-electron chi connectivity index (χ4n) is 4.54. The van der Waals surface area contributed by atoms with Crippen LogP contribution in [-0.4, -0.2) is 66.5 Å². The summed E-state index contributed by atoms with van der Waals surface area (Å²) in [6, 6.07) is 11.3. The molecule has 4 rings (SSSR count). The Morgan fingerprint density at radius 3 is 2.30 bits per heavy atom. The van der Waals surface area contributed by atoms with Crippen LogP contribution in [0.5, 0.6) is 0 Å². The van der Waals surface area contributed by atoms with Crippen LogP contribution in [0.15, 0.2) is 42.6 Å². The number of amides is 1. The zero-order chi connectivity index (χ0) is 23.4. The van der Waals surface area contributed by atoms with Gasteiger partial charge in [0.25, 0.3) is 0 Å². The Morgan fingerprint density at radius 2 is 1.70 bits per heavy atom. The van der Waals surface area contributed by atoms with Crippen molar-refractivity contribution in [3.63, 3.8) is 0 Å². The SMILES string of the molecule is O=C(C1CCN(c2ncc(C(F)(F)F)cc2Cl)CC1)N1CCN(CCc2ccccc2)CC1. The number of piperazine rings is 1. The van der Waals surface area contributed by atoms with Gasteiger partial charge in [-0.3, -0.25) is 9.69 Å². The summed E-state index contributed by atoms with van der Waals surface area (Å²) in [5, 5.41) is -0.0128. The maximum atomic E-state index is 13.0. The van der Waals surface area contributed by atoms with Crippen molar-refractivity contribution in [3.8, 4) is 0 Å². The molecular formula is C24H28ClF3N4O. The number of anilines is 1. The Kier molecular flexibility index (Phi) is 7.44. The minimum atomic E-state index is -4.47. The highest BCUT2D eigenvalue weighted by Crippen LogP contribution is 2.34. The summed E-state index contributed by atoms with van der Waals surface area (Å²) in [5.41, 5.74) is 0.467. The van der Waals surface area contributed by atoms with Crippen molar-refractivity contribution in [1.82, 2.24) is 14.8 Å². The number of benzene rings is 1. The van der Waals surface area contributed by atoms with E-state index in [4.69, 9.17) is 11.6 Å². The number of nitrogens with zero attached hydrogens (tertiary/aromatic N) is 4. The summed E-state index contributed by atoms with van der Waals surface area (Å²) in [6.45, 7) is 5.31. The third-order valence-electron chi connectivity index (χ3n) is 6.54. The summed E-state index contributed by atoms with van der Waals surface area (Å²) in [6.07, 6.45) is -1.36. The number of carbonyl (C=O) groups excluding carboxylic acids is 1. The van der Waals surface area contributed by atoms with Crippen LogP contribution in [0.1, 0.15) is 24.0 Å². The predicted octanol–water partition coefficient (Wildman–Crippen LogP) is 4.36. The zero-order valence-corrected chi connectivity index (χ0v) is 19.2. The first-order valence-corrected chi connectivity index (χ1v) is 11.7. The van der Waals surface area contributed by atoms with Gasteiger partial charge in [-0.2, -0.15) is 13.2 Å². The molecule has 0 saturated carbocycles. The highest BCUT2D eigenvalue weighted by atomic mass is 35.5. The molecule has 0 spiro atoms. The fraction of sp³-hybridized carbons (Fsp3) is 0.500. The van der Waals surface area contributed by atoms with Gasteiger partial charge < -0.3 is 9.80 Å². The van der Waals surface area contributed by atoms with Gasteiger partial charge in [-0.1, -0.05) is 41.9 Å². The molecule has 9 heteroatoms. The predicted molar refractivity (Wildman–Crippen MR) is 122 cm³/mol. The molecule has 0 N–H and O–H groups in total. The average molecular weight is 481 g/mol. The number of piperidine rings is 1. The highest BCUT2D eigenvalue weighted by molar-refractivity contribution is 6.33. The molecular weight excluding hydrogens is 453 g/mol. The van der Waals surface area contributed by atoms with Gasteiger partial charge in [0.05, 0.1) is 10.6 Å². The lowest BCUT2D eigenvalue weighted by Crippen LogP contribution is -2.52. The largest absolute Gasteiger partial charge is 0.417 e. The summed E-state index contributed by atoms with van der Waals surface area (Å²) >= 11 is 6.08. The van der Waals surface area contributed by atoms with Gasteiger partial charge in [0.15, 0.2) is 0 Å². The summed E-state index contributed by atoms with van der Waals surface area (Å²) in [4.78, 5) is 23.2. The average Bonchev–Trinajstić information content (AvgIpc) is 2.83. The zero-order valence-electron chi connectivity index (χ0n) is 18.4. The maximum Gasteiger partial charge on any atom is 0.417 e. The van der Waals surface area contributed by atoms with Gasteiger partial charge in [0.1, 0.15) is 5.82 Å². The lowest BCUT2D eigenvalue weighted by atomic mass is 9.95. The van der Waals surface area contributed by atoms with E-state index in [-0.39, 0.29) is 16.8 Å². The summed E-state index contributed by atoms with van der Waals surface area (Å²) in [5.74, 6) is 0.469. The van der Waals surface area contributed by atoms with Crippen LogP contribution >= 0.6 is 11.6 Å². The molecule has 1 amide bonds. The topological polar surface area (TPSA) is 39.7 Å². The van der Waals surface area contributed by atoms with Gasteiger partial charge in [0.2, 0.25) is 5.91 Å². The first-order chi connectivity index (χ1) is 15.8. The molecule has 2 aromatic rings. The van der Waals surface area contributed by atoms with Gasteiger partial charge in [-0.05, 0) is 30.9 Å². The van der Waals surface area contributed by atoms with Crippen LogP contribution in [0.2, 0.25) is 5.02 Å². The van der Waals surface area contributed by atoms with E-state index in [9.17, 15) is 18.0 Å². The van der Waals surface area contributed by atoms with Crippen molar-refractivity contribution in [2.45, 2.75) is 25.4 Å². The molecule has 0 aliphatic carbocycles. The smallest absolute Gasteiger partial charge is 0.355 e. The van der Waals surface area contributed by atoms with Crippen molar-refractivity contribution in [3.05, 3.63) is 58.7 Å². The molecule has 1 aromatic carbocycles. The van der Waals surface area contributed by atoms with Crippen molar-refractivity contribution < 1.29 is 18.0 Å². The number of hydrogen-bond acceptors (Lipinski definition) is 4. The number of rotatable bonds is 5. The second-order valence-corrected chi connectivity index (χ2v) is 9.10. The monoisotopic (exact) mass is 480 g/mol. The van der Waals surface area contributed by atoms with E-state index in [2.05, 4.69) is 34.1 Å². The van der Waals surface area contributed by atoms with Crippen LogP contribution in [0, 0.1) is 5.92 Å². The van der Waals surface area contributed by atoms with E-state index in [1.807, 2.05) is 15.9 Å². The quantitative estimate of drug-likeness (QED) is 0.637. The molecule has 2 saturated heterocycles. The van der Waals surface area contributed by atoms with Gasteiger partial charge >= 0.3 is 6.18 Å². The van der Waals surface area contributed by atoms with Crippen molar-refractivity contribution in [2.24, 2.45) is 5.92 Å². The second kappa shape index (κ2) is 10.3. The Hall–Kier alpha value is -2.32. The Balaban J connectivity index is 1.24. The van der Waals surface area contributed by atoms with Gasteiger partial charge in [-0.25, -0.2) is 4.98 Å². The molecule has 33 heavy (non-hydrogen) atoms. The summed E-state index contributed by atoms with van der Waals surface area (Å²) in [7, 11) is 0. The number of hydrogen-bond donors (Lipinski definition) is 0. The van der Waals surface area contributed by atoms with Crippen molar-refractivity contribution in [1.29, 1.82) is 0 Å². The number of halogens is 4. The van der Waals surface area contributed by atoms with E-state index in [1.165, 1.54) is 5.56 Å². The lowest BCUT2D eigenvalue weighted by molar-refractivity contribution is -0.138. The number of aromatic nitrogens is 1. The van der Waals surface area contributed by atoms with Gasteiger partial charge in [0, 0.05) is 57.9 Å². The number of carbonyl (C=O) groups is 1. The molecule has 178 valence electrons. The van der Waals surface area contributed by atoms with E-state index >= 15 is 0 Å². The fourth-order valence-corrected chi connectivity index (χ4v) is 4.82. The highest BCUT2D eigenvalue weighted by Gasteiger charge is 2.34. The van der Waals surface area contributed by atoms with Crippen LogP contribution in [0.25, 0.3) is 0 Å². The standard InChI is InChI=1S/C24H28ClF3N4O/c25-21-16-20(24(26,27)28)17-29-22(21)31-10-7-19(8-11-31)23(33)32-14-12-30(13-15-32)9-6-18-4-2-1-3-5-18/h1-5,16-17,19H,6-15H2. The van der Waals surface area contributed by atoms with Crippen LogP contribution < -0.4 is 4.90 Å². The first kappa shape index (κ1) is 23.8. The molecule has 0 radical (unpaired) electrons. The molecule has 5 nitrogen and oxygen atoms in total. The molecule has 1 aromatic heterocycles. The van der Waals surface area contributed by atoms with Crippen molar-refractivity contribution in [2.75, 3.05) is 50.7 Å². The van der Waals surface area contributed by atoms with E-state index in [0.29, 0.717) is 31.7 Å². The molecule has 0 unspecified atom stereocenters. The van der Waals surface area contributed by atoms with Gasteiger partial charge in [-0.15, -0.1) is 0 Å². The molecule has 2 fully saturated rings. The second-order valence-electron chi connectivity index (χ2n) is 8.69. The third kappa shape index (κ3) is 5.98. The first-order valence-electron chi connectivity index (χ1n) is 11.3. The number of alkyl halides is 3. The molecule has 0 atom stereocenters. The maximum absolute atomic E-state index is 13.0. The van der Waals surface area contributed by atoms with E-state index in [1.54, 1.807) is 0 Å². The summed E-state index contributed by atoms with van der Waals surface area (Å²) < 4.78 is 38.5. The van der Waals surface area contributed by atoms with E-state index in [0.717, 1.165) is 51.4 Å². The Bertz CT molecular complexity index is 940. The number of pyridine rings is 1. The minimum absolute atomic E-state index is 0.0128. The van der Waals surface area contributed by atoms with Crippen molar-refractivity contribution >= 4 is 23.3 Å². The molecule has 0 bridgehead atoms. The Morgan fingerprint density at radius 1 is 1.03 bits per heavy atom. The van der Waals surface area contributed by atoms with E-state index < -0.39 is 11.7 Å². The molecule has 2 aliphatic heterocycles. The molecule has 2 aliphatic rings. The van der Waals surface area contributed by atoms with Crippen LogP contribution in [-0.2, 0) is 17.4 Å². The third-order valence-corrected chi connectivity index (χ3v) is 6.81.